The van der Waals surface area contributed by atoms with Crippen molar-refractivity contribution in [1.29, 1.82) is 0 Å². The summed E-state index contributed by atoms with van der Waals surface area (Å²) < 4.78 is 0. The van der Waals surface area contributed by atoms with E-state index in [9.17, 15) is 9.90 Å². The highest BCUT2D eigenvalue weighted by Gasteiger charge is 2.50. The predicted octanol–water partition coefficient (Wildman–Crippen LogP) is 3.19. The van der Waals surface area contributed by atoms with Gasteiger partial charge in [0.05, 0.1) is 12.1 Å². The summed E-state index contributed by atoms with van der Waals surface area (Å²) in [6.45, 7) is 3.76. The molecule has 1 saturated carbocycles. The SMILES string of the molecule is O=C(CN1CCc2ccccc2C1)N1C[C@H]2CCC[C@](O)(c3ccccc3)[C@H]2C1. The van der Waals surface area contributed by atoms with Crippen molar-refractivity contribution in [2.24, 2.45) is 11.8 Å². The van der Waals surface area contributed by atoms with Crippen LogP contribution in [0.2, 0.25) is 0 Å². The average Bonchev–Trinajstić information content (AvgIpc) is 3.21. The summed E-state index contributed by atoms with van der Waals surface area (Å²) in [5.41, 5.74) is 2.97. The van der Waals surface area contributed by atoms with Crippen molar-refractivity contribution < 1.29 is 9.90 Å². The van der Waals surface area contributed by atoms with Gasteiger partial charge in [-0.3, -0.25) is 9.69 Å². The molecule has 4 nitrogen and oxygen atoms in total. The Labute approximate surface area is 173 Å². The van der Waals surface area contributed by atoms with Crippen LogP contribution in [0.5, 0.6) is 0 Å². The zero-order valence-corrected chi connectivity index (χ0v) is 17.0. The molecule has 152 valence electrons. The van der Waals surface area contributed by atoms with Crippen molar-refractivity contribution in [2.75, 3.05) is 26.2 Å². The van der Waals surface area contributed by atoms with Gasteiger partial charge < -0.3 is 10.0 Å². The minimum Gasteiger partial charge on any atom is -0.385 e. The second-order valence-corrected chi connectivity index (χ2v) is 9.08. The van der Waals surface area contributed by atoms with Crippen LogP contribution in [-0.4, -0.2) is 47.0 Å². The van der Waals surface area contributed by atoms with E-state index in [1.807, 2.05) is 35.2 Å². The molecule has 1 aliphatic carbocycles. The number of likely N-dealkylation sites (tertiary alicyclic amines) is 1. The molecule has 4 heteroatoms. The summed E-state index contributed by atoms with van der Waals surface area (Å²) >= 11 is 0. The number of nitrogens with zero attached hydrogens (tertiary/aromatic N) is 2. The summed E-state index contributed by atoms with van der Waals surface area (Å²) in [5.74, 6) is 0.763. The molecule has 2 heterocycles. The second-order valence-electron chi connectivity index (χ2n) is 9.08. The minimum atomic E-state index is -0.802. The molecular formula is C25H30N2O2. The molecule has 1 saturated heterocycles. The molecule has 0 bridgehead atoms. The largest absolute Gasteiger partial charge is 0.385 e. The summed E-state index contributed by atoms with van der Waals surface area (Å²) in [6, 6.07) is 18.6. The van der Waals surface area contributed by atoms with Crippen LogP contribution in [0.3, 0.4) is 0 Å². The normalized spacial score (nSPS) is 29.3. The quantitative estimate of drug-likeness (QED) is 0.875. The highest BCUT2D eigenvalue weighted by Crippen LogP contribution is 2.48. The Morgan fingerprint density at radius 3 is 2.62 bits per heavy atom. The van der Waals surface area contributed by atoms with E-state index in [0.717, 1.165) is 50.9 Å². The Bertz CT molecular complexity index is 883. The van der Waals surface area contributed by atoms with E-state index < -0.39 is 5.60 Å². The number of benzene rings is 2. The predicted molar refractivity (Wildman–Crippen MR) is 113 cm³/mol. The van der Waals surface area contributed by atoms with Gasteiger partial charge in [-0.05, 0) is 48.3 Å². The van der Waals surface area contributed by atoms with E-state index in [0.29, 0.717) is 19.0 Å². The van der Waals surface area contributed by atoms with E-state index in [4.69, 9.17) is 0 Å². The Kier molecular flexibility index (Phi) is 4.92. The Hall–Kier alpha value is -2.17. The van der Waals surface area contributed by atoms with Crippen LogP contribution in [0.25, 0.3) is 0 Å². The van der Waals surface area contributed by atoms with E-state index in [1.54, 1.807) is 0 Å². The Morgan fingerprint density at radius 2 is 1.79 bits per heavy atom. The lowest BCUT2D eigenvalue weighted by Crippen LogP contribution is -2.44. The van der Waals surface area contributed by atoms with E-state index >= 15 is 0 Å². The zero-order chi connectivity index (χ0) is 19.8. The third-order valence-electron chi connectivity index (χ3n) is 7.38. The molecule has 0 unspecified atom stereocenters. The number of aliphatic hydroxyl groups is 1. The van der Waals surface area contributed by atoms with Gasteiger partial charge in [0.1, 0.15) is 0 Å². The van der Waals surface area contributed by atoms with Crippen molar-refractivity contribution in [1.82, 2.24) is 9.80 Å². The van der Waals surface area contributed by atoms with Gasteiger partial charge in [-0.15, -0.1) is 0 Å². The molecule has 5 rings (SSSR count). The maximum atomic E-state index is 13.1. The topological polar surface area (TPSA) is 43.8 Å². The van der Waals surface area contributed by atoms with Crippen molar-refractivity contribution in [3.05, 3.63) is 71.3 Å². The zero-order valence-electron chi connectivity index (χ0n) is 17.0. The smallest absolute Gasteiger partial charge is 0.236 e. The van der Waals surface area contributed by atoms with Crippen molar-refractivity contribution in [2.45, 2.75) is 37.8 Å². The molecule has 2 aromatic rings. The van der Waals surface area contributed by atoms with Gasteiger partial charge in [0.25, 0.3) is 0 Å². The van der Waals surface area contributed by atoms with Crippen molar-refractivity contribution >= 4 is 5.91 Å². The first-order valence-electron chi connectivity index (χ1n) is 11.0. The fourth-order valence-electron chi connectivity index (χ4n) is 5.79. The molecule has 0 radical (unpaired) electrons. The third kappa shape index (κ3) is 3.49. The van der Waals surface area contributed by atoms with Gasteiger partial charge in [-0.25, -0.2) is 0 Å². The highest BCUT2D eigenvalue weighted by molar-refractivity contribution is 5.78. The maximum absolute atomic E-state index is 13.1. The maximum Gasteiger partial charge on any atom is 0.236 e. The van der Waals surface area contributed by atoms with Crippen LogP contribution >= 0.6 is 0 Å². The number of amides is 1. The van der Waals surface area contributed by atoms with Crippen LogP contribution in [0.4, 0.5) is 0 Å². The van der Waals surface area contributed by atoms with Gasteiger partial charge in [0.2, 0.25) is 5.91 Å². The number of hydrogen-bond acceptors (Lipinski definition) is 3. The summed E-state index contributed by atoms with van der Waals surface area (Å²) in [4.78, 5) is 17.4. The Morgan fingerprint density at radius 1 is 1.03 bits per heavy atom. The first-order chi connectivity index (χ1) is 14.1. The first-order valence-corrected chi connectivity index (χ1v) is 11.0. The first kappa shape index (κ1) is 18.8. The molecule has 2 fully saturated rings. The molecule has 3 atom stereocenters. The minimum absolute atomic E-state index is 0.143. The molecule has 0 aromatic heterocycles. The van der Waals surface area contributed by atoms with Crippen LogP contribution < -0.4 is 0 Å². The fraction of sp³-hybridized carbons (Fsp3) is 0.480. The van der Waals surface area contributed by atoms with E-state index in [-0.39, 0.29) is 11.8 Å². The summed E-state index contributed by atoms with van der Waals surface area (Å²) in [7, 11) is 0. The fourth-order valence-corrected chi connectivity index (χ4v) is 5.79. The average molecular weight is 391 g/mol. The molecule has 29 heavy (non-hydrogen) atoms. The van der Waals surface area contributed by atoms with E-state index in [1.165, 1.54) is 11.1 Å². The second kappa shape index (κ2) is 7.58. The molecule has 1 N–H and O–H groups in total. The molecule has 3 aliphatic rings. The van der Waals surface area contributed by atoms with Crippen molar-refractivity contribution in [3.63, 3.8) is 0 Å². The standard InChI is InChI=1S/C25H30N2O2/c28-24(18-26-14-12-19-7-4-5-8-20(19)15-26)27-16-21-9-6-13-25(29,23(21)17-27)22-10-2-1-3-11-22/h1-5,7-8,10-11,21,23,29H,6,9,12-18H2/t21-,23+,25+/m1/s1. The Balaban J connectivity index is 1.27. The highest BCUT2D eigenvalue weighted by atomic mass is 16.3. The molecule has 0 spiro atoms. The number of carbonyl (C=O) groups excluding carboxylic acids is 1. The number of rotatable bonds is 3. The van der Waals surface area contributed by atoms with Gasteiger partial charge in [-0.2, -0.15) is 0 Å². The van der Waals surface area contributed by atoms with Crippen LogP contribution in [-0.2, 0) is 23.4 Å². The van der Waals surface area contributed by atoms with Crippen molar-refractivity contribution in [3.8, 4) is 0 Å². The number of fused-ring (bicyclic) bond motifs is 2. The lowest BCUT2D eigenvalue weighted by atomic mass is 9.67. The molecular weight excluding hydrogens is 360 g/mol. The van der Waals surface area contributed by atoms with Crippen LogP contribution in [0, 0.1) is 11.8 Å². The van der Waals surface area contributed by atoms with Crippen LogP contribution in [0.1, 0.15) is 36.0 Å². The lowest BCUT2D eigenvalue weighted by molar-refractivity contribution is -0.132. The van der Waals surface area contributed by atoms with Gasteiger partial charge in [0.15, 0.2) is 0 Å². The van der Waals surface area contributed by atoms with E-state index in [2.05, 4.69) is 29.2 Å². The number of carbonyl (C=O) groups is 1. The summed E-state index contributed by atoms with van der Waals surface area (Å²) in [5, 5.41) is 11.6. The van der Waals surface area contributed by atoms with Gasteiger partial charge in [-0.1, -0.05) is 54.6 Å². The lowest BCUT2D eigenvalue weighted by Gasteiger charge is -2.41. The third-order valence-corrected chi connectivity index (χ3v) is 7.38. The van der Waals surface area contributed by atoms with Gasteiger partial charge in [0, 0.05) is 32.1 Å². The molecule has 2 aliphatic heterocycles. The summed E-state index contributed by atoms with van der Waals surface area (Å²) in [6.07, 6.45) is 3.95. The monoisotopic (exact) mass is 390 g/mol. The molecule has 2 aromatic carbocycles. The van der Waals surface area contributed by atoms with Crippen LogP contribution in [0.15, 0.2) is 54.6 Å². The number of hydrogen-bond donors (Lipinski definition) is 1. The van der Waals surface area contributed by atoms with Gasteiger partial charge >= 0.3 is 0 Å². The molecule has 1 amide bonds.